The van der Waals surface area contributed by atoms with Gasteiger partial charge < -0.3 is 10.6 Å². The van der Waals surface area contributed by atoms with E-state index in [1.165, 1.54) is 19.3 Å². The summed E-state index contributed by atoms with van der Waals surface area (Å²) in [5.74, 6) is 1.14. The van der Waals surface area contributed by atoms with Gasteiger partial charge in [-0.3, -0.25) is 4.68 Å². The molecule has 1 aromatic rings. The van der Waals surface area contributed by atoms with E-state index in [1.54, 1.807) is 6.20 Å². The molecule has 1 aliphatic rings. The maximum Gasteiger partial charge on any atom is 0.0821 e. The predicted molar refractivity (Wildman–Crippen MR) is 88.8 cm³/mol. The van der Waals surface area contributed by atoms with Crippen LogP contribution in [0.25, 0.3) is 0 Å². The molecule has 1 fully saturated rings. The molecule has 0 aromatic carbocycles. The number of nitrogens with zero attached hydrogens (tertiary/aromatic N) is 3. The Kier molecular flexibility index (Phi) is 6.08. The Labute approximate surface area is 133 Å². The molecule has 21 heavy (non-hydrogen) atoms. The van der Waals surface area contributed by atoms with Gasteiger partial charge in [0.25, 0.3) is 0 Å². The highest BCUT2D eigenvalue weighted by Gasteiger charge is 2.32. The van der Waals surface area contributed by atoms with Crippen LogP contribution in [0.15, 0.2) is 6.20 Å². The molecule has 3 unspecified atom stereocenters. The molecule has 1 saturated carbocycles. The number of rotatable bonds is 6. The van der Waals surface area contributed by atoms with Crippen molar-refractivity contribution < 1.29 is 0 Å². The summed E-state index contributed by atoms with van der Waals surface area (Å²) in [4.78, 5) is 2.17. The van der Waals surface area contributed by atoms with Crippen molar-refractivity contribution in [1.29, 1.82) is 0 Å². The minimum absolute atomic E-state index is 0.213. The molecular weight excluding hydrogens is 284 g/mol. The van der Waals surface area contributed by atoms with Gasteiger partial charge in [0.05, 0.1) is 23.5 Å². The third-order valence-corrected chi connectivity index (χ3v) is 4.94. The molecule has 120 valence electrons. The lowest BCUT2D eigenvalue weighted by molar-refractivity contribution is 0.262. The number of aromatic nitrogens is 2. The van der Waals surface area contributed by atoms with Crippen molar-refractivity contribution in [3.05, 3.63) is 16.9 Å². The van der Waals surface area contributed by atoms with Crippen LogP contribution >= 0.6 is 11.6 Å². The number of hydrogen-bond donors (Lipinski definition) is 1. The summed E-state index contributed by atoms with van der Waals surface area (Å²) in [6.45, 7) is 4.10. The zero-order valence-corrected chi connectivity index (χ0v) is 14.3. The van der Waals surface area contributed by atoms with Crippen LogP contribution in [0.4, 0.5) is 0 Å². The highest BCUT2D eigenvalue weighted by molar-refractivity contribution is 6.31. The molecule has 0 amide bonds. The highest BCUT2D eigenvalue weighted by atomic mass is 35.5. The van der Waals surface area contributed by atoms with E-state index < -0.39 is 0 Å². The molecule has 0 spiro atoms. The molecular formula is C16H29ClN4. The van der Waals surface area contributed by atoms with E-state index in [1.807, 2.05) is 0 Å². The molecule has 1 aromatic heterocycles. The lowest BCUT2D eigenvalue weighted by Crippen LogP contribution is -2.36. The molecule has 1 heterocycles. The molecule has 5 heteroatoms. The lowest BCUT2D eigenvalue weighted by Gasteiger charge is -2.34. The lowest BCUT2D eigenvalue weighted by atomic mass is 9.75. The summed E-state index contributed by atoms with van der Waals surface area (Å²) in [7, 11) is 4.16. The molecule has 0 bridgehead atoms. The molecule has 0 radical (unpaired) electrons. The zero-order valence-electron chi connectivity index (χ0n) is 13.6. The second-order valence-corrected chi connectivity index (χ2v) is 7.05. The van der Waals surface area contributed by atoms with Crippen LogP contribution in [0, 0.1) is 5.92 Å². The van der Waals surface area contributed by atoms with Crippen molar-refractivity contribution in [1.82, 2.24) is 14.7 Å². The first kappa shape index (κ1) is 16.8. The van der Waals surface area contributed by atoms with E-state index in [4.69, 9.17) is 17.3 Å². The minimum Gasteiger partial charge on any atom is -0.327 e. The number of hydrogen-bond acceptors (Lipinski definition) is 3. The maximum atomic E-state index is 6.43. The molecule has 0 saturated heterocycles. The first-order valence-corrected chi connectivity index (χ1v) is 8.52. The van der Waals surface area contributed by atoms with E-state index in [2.05, 4.69) is 35.7 Å². The fourth-order valence-electron chi connectivity index (χ4n) is 3.48. The third kappa shape index (κ3) is 4.21. The van der Waals surface area contributed by atoms with Crippen molar-refractivity contribution in [3.8, 4) is 0 Å². The Balaban J connectivity index is 2.16. The van der Waals surface area contributed by atoms with Crippen LogP contribution in [0.2, 0.25) is 5.02 Å². The molecule has 0 aliphatic heterocycles. The van der Waals surface area contributed by atoms with Crippen molar-refractivity contribution in [2.24, 2.45) is 11.7 Å². The Morgan fingerprint density at radius 3 is 2.86 bits per heavy atom. The Morgan fingerprint density at radius 2 is 2.19 bits per heavy atom. The summed E-state index contributed by atoms with van der Waals surface area (Å²) in [6.07, 6.45) is 7.84. The standard InChI is InChI=1S/C16H29ClN4/c1-4-5-12-6-7-15(18)13(10-12)16-14(17)11-19-21(16)9-8-20(2)3/h11-13,15H,4-10,18H2,1-3H3. The maximum absolute atomic E-state index is 6.43. The summed E-state index contributed by atoms with van der Waals surface area (Å²) >= 11 is 6.43. The van der Waals surface area contributed by atoms with Crippen molar-refractivity contribution >= 4 is 11.6 Å². The summed E-state index contributed by atoms with van der Waals surface area (Å²) < 4.78 is 2.07. The van der Waals surface area contributed by atoms with Crippen LogP contribution in [0.3, 0.4) is 0 Å². The van der Waals surface area contributed by atoms with E-state index in [-0.39, 0.29) is 6.04 Å². The second kappa shape index (κ2) is 7.61. The summed E-state index contributed by atoms with van der Waals surface area (Å²) in [5.41, 5.74) is 7.57. The first-order chi connectivity index (χ1) is 10.0. The van der Waals surface area contributed by atoms with Crippen molar-refractivity contribution in [2.45, 2.75) is 57.5 Å². The quantitative estimate of drug-likeness (QED) is 0.878. The second-order valence-electron chi connectivity index (χ2n) is 6.64. The molecule has 1 aliphatic carbocycles. The summed E-state index contributed by atoms with van der Waals surface area (Å²) in [6, 6.07) is 0.213. The molecule has 2 N–H and O–H groups in total. The first-order valence-electron chi connectivity index (χ1n) is 8.14. The van der Waals surface area contributed by atoms with Crippen LogP contribution in [0.5, 0.6) is 0 Å². The van der Waals surface area contributed by atoms with Gasteiger partial charge in [-0.15, -0.1) is 0 Å². The summed E-state index contributed by atoms with van der Waals surface area (Å²) in [5, 5.41) is 5.25. The average molecular weight is 313 g/mol. The van der Waals surface area contributed by atoms with Gasteiger partial charge in [0.2, 0.25) is 0 Å². The smallest absolute Gasteiger partial charge is 0.0821 e. The van der Waals surface area contributed by atoms with Gasteiger partial charge in [-0.1, -0.05) is 31.4 Å². The van der Waals surface area contributed by atoms with E-state index in [0.29, 0.717) is 5.92 Å². The largest absolute Gasteiger partial charge is 0.327 e. The van der Waals surface area contributed by atoms with Gasteiger partial charge in [-0.2, -0.15) is 5.10 Å². The van der Waals surface area contributed by atoms with Gasteiger partial charge in [0.15, 0.2) is 0 Å². The molecule has 2 rings (SSSR count). The van der Waals surface area contributed by atoms with E-state index in [9.17, 15) is 0 Å². The van der Waals surface area contributed by atoms with E-state index >= 15 is 0 Å². The van der Waals surface area contributed by atoms with Gasteiger partial charge in [-0.05, 0) is 39.3 Å². The Morgan fingerprint density at radius 1 is 1.43 bits per heavy atom. The Hall–Kier alpha value is -0.580. The van der Waals surface area contributed by atoms with Crippen molar-refractivity contribution in [2.75, 3.05) is 20.6 Å². The normalized spacial score (nSPS) is 26.5. The van der Waals surface area contributed by atoms with Crippen LogP contribution < -0.4 is 5.73 Å². The fourth-order valence-corrected chi connectivity index (χ4v) is 3.76. The van der Waals surface area contributed by atoms with Crippen LogP contribution in [-0.4, -0.2) is 41.4 Å². The molecule has 3 atom stereocenters. The average Bonchev–Trinajstić information content (AvgIpc) is 2.80. The van der Waals surface area contributed by atoms with Crippen LogP contribution in [0.1, 0.15) is 50.6 Å². The number of nitrogens with two attached hydrogens (primary N) is 1. The monoisotopic (exact) mass is 312 g/mol. The minimum atomic E-state index is 0.213. The van der Waals surface area contributed by atoms with Gasteiger partial charge in [0.1, 0.15) is 0 Å². The third-order valence-electron chi connectivity index (χ3n) is 4.65. The predicted octanol–water partition coefficient (Wildman–Crippen LogP) is 3.11. The number of likely N-dealkylation sites (N-methyl/N-ethyl adjacent to an activating group) is 1. The van der Waals surface area contributed by atoms with Crippen LogP contribution in [-0.2, 0) is 6.54 Å². The van der Waals surface area contributed by atoms with Gasteiger partial charge in [0, 0.05) is 18.5 Å². The van der Waals surface area contributed by atoms with Gasteiger partial charge in [-0.25, -0.2) is 0 Å². The topological polar surface area (TPSA) is 47.1 Å². The van der Waals surface area contributed by atoms with Crippen molar-refractivity contribution in [3.63, 3.8) is 0 Å². The van der Waals surface area contributed by atoms with Gasteiger partial charge >= 0.3 is 0 Å². The Bertz CT molecular complexity index is 443. The zero-order chi connectivity index (χ0) is 15.4. The fraction of sp³-hybridized carbons (Fsp3) is 0.812. The SMILES string of the molecule is CCCC1CCC(N)C(c2c(Cl)cnn2CCN(C)C)C1. The van der Waals surface area contributed by atoms with E-state index in [0.717, 1.165) is 42.6 Å². The molecule has 4 nitrogen and oxygen atoms in total. The number of halogens is 1. The highest BCUT2D eigenvalue weighted by Crippen LogP contribution is 2.39.